The molecule has 0 heterocycles. The molecule has 2 unspecified atom stereocenters. The molecule has 0 bridgehead atoms. The monoisotopic (exact) mass is 432 g/mol. The Morgan fingerprint density at radius 3 is 1.61 bits per heavy atom. The molecule has 2 rings (SSSR count). The highest BCUT2D eigenvalue weighted by molar-refractivity contribution is 5.63. The molecule has 0 spiro atoms. The van der Waals surface area contributed by atoms with E-state index in [0.29, 0.717) is 25.9 Å². The summed E-state index contributed by atoms with van der Waals surface area (Å²) >= 11 is 0. The number of nitrogens with two attached hydrogens (primary N) is 2. The Balaban J connectivity index is 2.59. The van der Waals surface area contributed by atoms with Crippen LogP contribution in [-0.4, -0.2) is 52.0 Å². The van der Waals surface area contributed by atoms with Gasteiger partial charge in [0.05, 0.1) is 25.6 Å². The van der Waals surface area contributed by atoms with Crippen LogP contribution in [0.4, 0.5) is 11.4 Å². The molecule has 0 aromatic heterocycles. The Morgan fingerprint density at radius 2 is 1.26 bits per heavy atom. The van der Waals surface area contributed by atoms with E-state index in [-0.39, 0.29) is 6.23 Å². The zero-order valence-electron chi connectivity index (χ0n) is 19.2. The minimum Gasteiger partial charge on any atom is -0.496 e. The average Bonchev–Trinajstić information content (AvgIpc) is 2.77. The first-order valence-corrected chi connectivity index (χ1v) is 10.4. The van der Waals surface area contributed by atoms with Gasteiger partial charge in [0.2, 0.25) is 0 Å². The van der Waals surface area contributed by atoms with Crippen LogP contribution in [0, 0.1) is 0 Å². The van der Waals surface area contributed by atoms with E-state index in [9.17, 15) is 5.11 Å². The van der Waals surface area contributed by atoms with Crippen molar-refractivity contribution >= 4 is 11.4 Å². The van der Waals surface area contributed by atoms with Gasteiger partial charge in [-0.2, -0.15) is 0 Å². The molecule has 0 aliphatic carbocycles. The Kier molecular flexibility index (Phi) is 9.39. The minimum atomic E-state index is -0.850. The van der Waals surface area contributed by atoms with E-state index < -0.39 is 6.23 Å². The number of benzene rings is 2. The summed E-state index contributed by atoms with van der Waals surface area (Å²) in [7, 11) is 4.89. The zero-order valence-corrected chi connectivity index (χ0v) is 19.2. The third-order valence-electron chi connectivity index (χ3n) is 5.17. The van der Waals surface area contributed by atoms with E-state index >= 15 is 0 Å². The van der Waals surface area contributed by atoms with Crippen molar-refractivity contribution in [3.63, 3.8) is 0 Å². The van der Waals surface area contributed by atoms with Gasteiger partial charge in [-0.25, -0.2) is 0 Å². The van der Waals surface area contributed by atoms with E-state index in [0.717, 1.165) is 34.0 Å². The van der Waals surface area contributed by atoms with E-state index in [1.807, 2.05) is 48.3 Å². The Labute approximate surface area is 185 Å². The molecule has 0 amide bonds. The predicted molar refractivity (Wildman–Crippen MR) is 125 cm³/mol. The van der Waals surface area contributed by atoms with Crippen molar-refractivity contribution < 1.29 is 19.3 Å². The van der Waals surface area contributed by atoms with Gasteiger partial charge in [-0.3, -0.25) is 10.0 Å². The number of aliphatic hydroxyl groups excluding tert-OH is 1. The summed E-state index contributed by atoms with van der Waals surface area (Å²) in [4.78, 5) is 0. The topological polar surface area (TPSA) is 106 Å². The lowest BCUT2D eigenvalue weighted by Crippen LogP contribution is -2.53. The highest BCUT2D eigenvalue weighted by atomic mass is 16.5. The summed E-state index contributed by atoms with van der Waals surface area (Å²) in [6.45, 7) is 4.67. The molecular weight excluding hydrogens is 396 g/mol. The number of hydrogen-bond acceptors (Lipinski definition) is 8. The second kappa shape index (κ2) is 11.8. The number of hydrazine groups is 1. The molecule has 0 radical (unpaired) electrons. The molecule has 31 heavy (non-hydrogen) atoms. The van der Waals surface area contributed by atoms with Crippen LogP contribution in [0.25, 0.3) is 0 Å². The summed E-state index contributed by atoms with van der Waals surface area (Å²) in [6, 6.07) is 11.7. The third-order valence-corrected chi connectivity index (χ3v) is 5.17. The smallest absolute Gasteiger partial charge is 0.145 e. The van der Waals surface area contributed by atoms with Gasteiger partial charge in [0.15, 0.2) is 0 Å². The Hall–Kier alpha value is -2.52. The van der Waals surface area contributed by atoms with E-state index in [1.165, 1.54) is 0 Å². The lowest BCUT2D eigenvalue weighted by Gasteiger charge is -2.43. The van der Waals surface area contributed by atoms with Gasteiger partial charge in [0, 0.05) is 19.2 Å². The van der Waals surface area contributed by atoms with Crippen molar-refractivity contribution in [1.29, 1.82) is 0 Å². The highest BCUT2D eigenvalue weighted by Crippen LogP contribution is 2.34. The van der Waals surface area contributed by atoms with Crippen molar-refractivity contribution in [2.75, 3.05) is 44.4 Å². The molecule has 0 aliphatic heterocycles. The fourth-order valence-corrected chi connectivity index (χ4v) is 3.61. The quantitative estimate of drug-likeness (QED) is 0.346. The summed E-state index contributed by atoms with van der Waals surface area (Å²) in [6.07, 6.45) is 0.186. The molecular formula is C23H36N4O4. The number of nitrogens with zero attached hydrogens (tertiary/aromatic N) is 2. The summed E-state index contributed by atoms with van der Waals surface area (Å²) < 4.78 is 16.8. The molecule has 0 aliphatic rings. The molecule has 172 valence electrons. The maximum absolute atomic E-state index is 10.8. The van der Waals surface area contributed by atoms with Crippen molar-refractivity contribution in [2.45, 2.75) is 39.1 Å². The third kappa shape index (κ3) is 5.80. The Bertz CT molecular complexity index is 831. The average molecular weight is 433 g/mol. The van der Waals surface area contributed by atoms with Gasteiger partial charge in [0.1, 0.15) is 24.0 Å². The molecule has 8 heteroatoms. The largest absolute Gasteiger partial charge is 0.496 e. The van der Waals surface area contributed by atoms with Crippen LogP contribution < -0.4 is 31.0 Å². The van der Waals surface area contributed by atoms with Gasteiger partial charge in [-0.1, -0.05) is 12.1 Å². The molecule has 0 fully saturated rings. The number of aliphatic hydroxyl groups is 1. The number of ether oxygens (including phenoxy) is 3. The Morgan fingerprint density at radius 1 is 0.806 bits per heavy atom. The van der Waals surface area contributed by atoms with Crippen LogP contribution in [0.3, 0.4) is 0 Å². The molecule has 0 saturated heterocycles. The maximum Gasteiger partial charge on any atom is 0.145 e. The van der Waals surface area contributed by atoms with Crippen molar-refractivity contribution in [1.82, 2.24) is 0 Å². The lowest BCUT2D eigenvalue weighted by molar-refractivity contribution is 0.0930. The zero-order chi connectivity index (χ0) is 23.0. The van der Waals surface area contributed by atoms with Gasteiger partial charge < -0.3 is 30.8 Å². The number of methoxy groups -OCH3 is 3. The van der Waals surface area contributed by atoms with Crippen molar-refractivity contribution in [2.24, 2.45) is 11.5 Å². The first-order valence-electron chi connectivity index (χ1n) is 10.4. The van der Waals surface area contributed by atoms with Crippen LogP contribution in [0.2, 0.25) is 0 Å². The molecule has 2 aromatic carbocycles. The highest BCUT2D eigenvalue weighted by Gasteiger charge is 2.27. The second-order valence-electron chi connectivity index (χ2n) is 7.23. The number of rotatable bonds is 12. The molecule has 5 N–H and O–H groups in total. The van der Waals surface area contributed by atoms with Crippen LogP contribution in [0.5, 0.6) is 11.5 Å². The first-order chi connectivity index (χ1) is 14.9. The molecule has 2 atom stereocenters. The van der Waals surface area contributed by atoms with Crippen LogP contribution in [0.1, 0.15) is 25.0 Å². The van der Waals surface area contributed by atoms with Crippen LogP contribution >= 0.6 is 0 Å². The van der Waals surface area contributed by atoms with Gasteiger partial charge in [0.25, 0.3) is 0 Å². The van der Waals surface area contributed by atoms with Gasteiger partial charge in [-0.15, -0.1) is 0 Å². The second-order valence-corrected chi connectivity index (χ2v) is 7.23. The summed E-state index contributed by atoms with van der Waals surface area (Å²) in [5, 5.41) is 14.4. The van der Waals surface area contributed by atoms with Crippen LogP contribution in [-0.2, 0) is 17.6 Å². The van der Waals surface area contributed by atoms with E-state index in [1.54, 1.807) is 33.3 Å². The number of anilines is 2. The van der Waals surface area contributed by atoms with Gasteiger partial charge in [-0.05, 0) is 63.0 Å². The normalized spacial score (nSPS) is 12.9. The van der Waals surface area contributed by atoms with Crippen molar-refractivity contribution in [3.05, 3.63) is 47.5 Å². The minimum absolute atomic E-state index is 0.380. The molecule has 2 aromatic rings. The SMILES string of the molecule is COc1cc(N(C(C)O)N(c2ccc(CCN)c(OC)c2)C(C)OC)ccc1CCN. The summed E-state index contributed by atoms with van der Waals surface area (Å²) in [5.74, 6) is 1.45. The fraction of sp³-hybridized carbons (Fsp3) is 0.478. The summed E-state index contributed by atoms with van der Waals surface area (Å²) in [5.41, 5.74) is 15.0. The van der Waals surface area contributed by atoms with Crippen molar-refractivity contribution in [3.8, 4) is 11.5 Å². The number of hydrogen-bond donors (Lipinski definition) is 3. The lowest BCUT2D eigenvalue weighted by atomic mass is 10.1. The first kappa shape index (κ1) is 24.7. The van der Waals surface area contributed by atoms with Crippen LogP contribution in [0.15, 0.2) is 36.4 Å². The maximum atomic E-state index is 10.8. The van der Waals surface area contributed by atoms with E-state index in [4.69, 9.17) is 25.7 Å². The van der Waals surface area contributed by atoms with Gasteiger partial charge >= 0.3 is 0 Å². The molecule has 0 saturated carbocycles. The molecule has 8 nitrogen and oxygen atoms in total. The standard InChI is InChI=1S/C23H36N4O4/c1-16(28)26(20-8-6-18(10-12-24)22(14-20)30-4)27(17(2)29-3)21-9-7-19(11-13-25)23(15-21)31-5/h6-9,14-17,28H,10-13,24-25H2,1-5H3. The van der Waals surface area contributed by atoms with E-state index in [2.05, 4.69) is 0 Å². The fourth-order valence-electron chi connectivity index (χ4n) is 3.61. The predicted octanol–water partition coefficient (Wildman–Crippen LogP) is 2.26.